The summed E-state index contributed by atoms with van der Waals surface area (Å²) in [6, 6.07) is 0. The minimum atomic E-state index is 0.634. The molecule has 1 unspecified atom stereocenters. The molecule has 1 atom stereocenters. The molecule has 0 radical (unpaired) electrons. The number of rotatable bonds is 0. The van der Waals surface area contributed by atoms with Gasteiger partial charge in [0.25, 0.3) is 0 Å². The first-order chi connectivity index (χ1) is 4.47. The van der Waals surface area contributed by atoms with Crippen LogP contribution in [-0.4, -0.2) is 11.9 Å². The van der Waals surface area contributed by atoms with Crippen molar-refractivity contribution >= 4 is 11.8 Å². The Morgan fingerprint density at radius 2 is 2.67 bits per heavy atom. The lowest BCUT2D eigenvalue weighted by molar-refractivity contribution is 0.264. The Kier molecular flexibility index (Phi) is 1.27. The topological polar surface area (TPSA) is 9.23 Å². The molecule has 9 heavy (non-hydrogen) atoms. The number of allylic oxidation sites excluding steroid dienone is 2. The molecule has 48 valence electrons. The van der Waals surface area contributed by atoms with Crippen molar-refractivity contribution in [1.82, 2.24) is 0 Å². The highest BCUT2D eigenvalue weighted by atomic mass is 32.2. The van der Waals surface area contributed by atoms with Gasteiger partial charge in [0.1, 0.15) is 5.76 Å². The summed E-state index contributed by atoms with van der Waals surface area (Å²) in [6.07, 6.45) is 5.29. The fourth-order valence-corrected chi connectivity index (χ4v) is 1.96. The Balaban J connectivity index is 2.23. The normalized spacial score (nSPS) is 31.1. The summed E-state index contributed by atoms with van der Waals surface area (Å²) in [5.41, 5.74) is 0. The maximum atomic E-state index is 5.35. The summed E-state index contributed by atoms with van der Waals surface area (Å²) in [5, 5.41) is 2.76. The Labute approximate surface area is 58.8 Å². The average Bonchev–Trinajstić information content (AvgIpc) is 2.33. The lowest BCUT2D eigenvalue weighted by Crippen LogP contribution is -1.98. The van der Waals surface area contributed by atoms with Crippen LogP contribution in [0.25, 0.3) is 0 Å². The average molecular weight is 140 g/mol. The van der Waals surface area contributed by atoms with Crippen LogP contribution < -0.4 is 0 Å². The zero-order valence-electron chi connectivity index (χ0n) is 5.04. The number of ether oxygens (including phenoxy) is 1. The van der Waals surface area contributed by atoms with Crippen molar-refractivity contribution in [2.75, 3.05) is 6.61 Å². The molecule has 0 aromatic carbocycles. The molecular weight excluding hydrogens is 132 g/mol. The molecule has 1 nitrogen and oxygen atoms in total. The van der Waals surface area contributed by atoms with Crippen LogP contribution in [0.15, 0.2) is 23.3 Å². The first kappa shape index (κ1) is 5.42. The third-order valence-corrected chi connectivity index (χ3v) is 2.66. The van der Waals surface area contributed by atoms with Crippen LogP contribution in [0, 0.1) is 0 Å². The first-order valence-corrected chi connectivity index (χ1v) is 4.06. The standard InChI is InChI=1S/C7H8OS/c1-2-6-7(9-5-1)3-4-8-6/h1-2,5,7H,3-4H2. The Hall–Kier alpha value is -0.370. The van der Waals surface area contributed by atoms with Gasteiger partial charge in [0.15, 0.2) is 0 Å². The van der Waals surface area contributed by atoms with Gasteiger partial charge in [0.05, 0.1) is 11.9 Å². The van der Waals surface area contributed by atoms with E-state index in [2.05, 4.69) is 11.5 Å². The molecule has 2 rings (SSSR count). The zero-order chi connectivity index (χ0) is 6.10. The molecule has 1 fully saturated rings. The van der Waals surface area contributed by atoms with E-state index in [1.54, 1.807) is 0 Å². The van der Waals surface area contributed by atoms with Crippen molar-refractivity contribution in [3.63, 3.8) is 0 Å². The van der Waals surface area contributed by atoms with Crippen molar-refractivity contribution in [2.24, 2.45) is 0 Å². The van der Waals surface area contributed by atoms with Gasteiger partial charge < -0.3 is 4.74 Å². The highest BCUT2D eigenvalue weighted by Gasteiger charge is 2.22. The molecule has 0 aromatic rings. The number of hydrogen-bond acceptors (Lipinski definition) is 2. The second kappa shape index (κ2) is 2.10. The Morgan fingerprint density at radius 3 is 3.56 bits per heavy atom. The summed E-state index contributed by atoms with van der Waals surface area (Å²) < 4.78 is 5.35. The smallest absolute Gasteiger partial charge is 0.109 e. The molecule has 0 aliphatic carbocycles. The maximum absolute atomic E-state index is 5.35. The van der Waals surface area contributed by atoms with E-state index in [-0.39, 0.29) is 0 Å². The predicted molar refractivity (Wildman–Crippen MR) is 39.2 cm³/mol. The fourth-order valence-electron chi connectivity index (χ4n) is 1.08. The second-order valence-electron chi connectivity index (χ2n) is 2.16. The molecular formula is C7H8OS. The molecule has 2 aliphatic heterocycles. The van der Waals surface area contributed by atoms with Crippen molar-refractivity contribution in [3.8, 4) is 0 Å². The summed E-state index contributed by atoms with van der Waals surface area (Å²) >= 11 is 1.86. The molecule has 0 spiro atoms. The molecule has 2 aliphatic rings. The maximum Gasteiger partial charge on any atom is 0.109 e. The van der Waals surface area contributed by atoms with Gasteiger partial charge in [-0.15, -0.1) is 11.8 Å². The van der Waals surface area contributed by atoms with E-state index >= 15 is 0 Å². The first-order valence-electron chi connectivity index (χ1n) is 3.12. The zero-order valence-corrected chi connectivity index (χ0v) is 5.86. The molecule has 0 aromatic heterocycles. The van der Waals surface area contributed by atoms with E-state index in [4.69, 9.17) is 4.74 Å². The van der Waals surface area contributed by atoms with Crippen LogP contribution in [0.2, 0.25) is 0 Å². The van der Waals surface area contributed by atoms with E-state index in [0.29, 0.717) is 5.25 Å². The van der Waals surface area contributed by atoms with Crippen LogP contribution in [0.1, 0.15) is 6.42 Å². The summed E-state index contributed by atoms with van der Waals surface area (Å²) in [6.45, 7) is 0.908. The van der Waals surface area contributed by atoms with Crippen LogP contribution in [-0.2, 0) is 4.74 Å². The van der Waals surface area contributed by atoms with Crippen molar-refractivity contribution in [1.29, 1.82) is 0 Å². The van der Waals surface area contributed by atoms with Crippen LogP contribution in [0.5, 0.6) is 0 Å². The van der Waals surface area contributed by atoms with Crippen molar-refractivity contribution < 1.29 is 4.74 Å². The lowest BCUT2D eigenvalue weighted by Gasteiger charge is -2.08. The third-order valence-electron chi connectivity index (χ3n) is 1.55. The molecule has 0 bridgehead atoms. The minimum absolute atomic E-state index is 0.634. The summed E-state index contributed by atoms with van der Waals surface area (Å²) in [5.74, 6) is 1.17. The lowest BCUT2D eigenvalue weighted by atomic mass is 10.3. The quantitative estimate of drug-likeness (QED) is 0.508. The molecule has 2 heterocycles. The SMILES string of the molecule is C1=CSC2CCOC2=C1. The van der Waals surface area contributed by atoms with E-state index in [1.807, 2.05) is 17.8 Å². The van der Waals surface area contributed by atoms with E-state index in [0.717, 1.165) is 6.61 Å². The second-order valence-corrected chi connectivity index (χ2v) is 3.27. The summed E-state index contributed by atoms with van der Waals surface area (Å²) in [7, 11) is 0. The summed E-state index contributed by atoms with van der Waals surface area (Å²) in [4.78, 5) is 0. The van der Waals surface area contributed by atoms with Gasteiger partial charge in [0, 0.05) is 6.42 Å². The molecule has 0 saturated carbocycles. The van der Waals surface area contributed by atoms with E-state index in [9.17, 15) is 0 Å². The molecule has 0 N–H and O–H groups in total. The third kappa shape index (κ3) is 0.874. The molecule has 1 saturated heterocycles. The van der Waals surface area contributed by atoms with Crippen LogP contribution in [0.4, 0.5) is 0 Å². The van der Waals surface area contributed by atoms with Crippen molar-refractivity contribution in [3.05, 3.63) is 23.3 Å². The van der Waals surface area contributed by atoms with Gasteiger partial charge >= 0.3 is 0 Å². The van der Waals surface area contributed by atoms with Gasteiger partial charge in [-0.25, -0.2) is 0 Å². The van der Waals surface area contributed by atoms with E-state index in [1.165, 1.54) is 12.2 Å². The number of thioether (sulfide) groups is 1. The van der Waals surface area contributed by atoms with Gasteiger partial charge in [-0.05, 0) is 11.5 Å². The fraction of sp³-hybridized carbons (Fsp3) is 0.429. The predicted octanol–water partition coefficient (Wildman–Crippen LogP) is 1.92. The Bertz CT molecular complexity index is 172. The number of fused-ring (bicyclic) bond motifs is 1. The van der Waals surface area contributed by atoms with Crippen molar-refractivity contribution in [2.45, 2.75) is 11.7 Å². The monoisotopic (exact) mass is 140 g/mol. The van der Waals surface area contributed by atoms with Crippen LogP contribution >= 0.6 is 11.8 Å². The Morgan fingerprint density at radius 1 is 1.67 bits per heavy atom. The van der Waals surface area contributed by atoms with Gasteiger partial charge in [0.2, 0.25) is 0 Å². The highest BCUT2D eigenvalue weighted by molar-refractivity contribution is 8.03. The minimum Gasteiger partial charge on any atom is -0.497 e. The van der Waals surface area contributed by atoms with E-state index < -0.39 is 0 Å². The van der Waals surface area contributed by atoms with Gasteiger partial charge in [-0.2, -0.15) is 0 Å². The highest BCUT2D eigenvalue weighted by Crippen LogP contribution is 2.32. The van der Waals surface area contributed by atoms with Gasteiger partial charge in [-0.1, -0.05) is 6.08 Å². The largest absolute Gasteiger partial charge is 0.497 e. The molecule has 2 heteroatoms. The number of hydrogen-bond donors (Lipinski definition) is 0. The van der Waals surface area contributed by atoms with Crippen LogP contribution in [0.3, 0.4) is 0 Å². The molecule has 0 amide bonds. The van der Waals surface area contributed by atoms with Gasteiger partial charge in [-0.3, -0.25) is 0 Å².